The zero-order valence-corrected chi connectivity index (χ0v) is 26.3. The second kappa shape index (κ2) is 11.7. The number of hydrogen-bond acceptors (Lipinski definition) is 0. The van der Waals surface area contributed by atoms with Gasteiger partial charge in [-0.05, 0) is 38.5 Å². The Bertz CT molecular complexity index is 1620. The second-order valence-corrected chi connectivity index (χ2v) is 12.1. The fourth-order valence-electron chi connectivity index (χ4n) is 6.07. The number of benzene rings is 3. The first-order chi connectivity index (χ1) is 18.9. The Morgan fingerprint density at radius 1 is 0.897 bits per heavy atom. The van der Waals surface area contributed by atoms with Crippen LogP contribution in [0.3, 0.4) is 0 Å². The average molecular weight is 585 g/mol. The van der Waals surface area contributed by atoms with Crippen molar-refractivity contribution in [2.75, 3.05) is 0 Å². The average Bonchev–Trinajstić information content (AvgIpc) is 3.65. The number of rotatable bonds is 5. The maximum atomic E-state index is 3.82. The quantitative estimate of drug-likeness (QED) is 0.268. The van der Waals surface area contributed by atoms with Gasteiger partial charge in [0.15, 0.2) is 0 Å². The van der Waals surface area contributed by atoms with E-state index in [4.69, 9.17) is 0 Å². The molecule has 3 aromatic carbocycles. The van der Waals surface area contributed by atoms with Crippen LogP contribution in [0.15, 0.2) is 125 Å². The Morgan fingerprint density at radius 3 is 2.08 bits per heavy atom. The van der Waals surface area contributed by atoms with Crippen LogP contribution in [0.4, 0.5) is 0 Å². The van der Waals surface area contributed by atoms with Crippen LogP contribution in [0.2, 0.25) is 0 Å². The molecule has 0 heterocycles. The molecule has 0 fully saturated rings. The molecule has 0 aromatic heterocycles. The molecule has 39 heavy (non-hydrogen) atoms. The van der Waals surface area contributed by atoms with Gasteiger partial charge in [-0.15, -0.1) is 33.7 Å². The molecule has 0 saturated heterocycles. The zero-order chi connectivity index (χ0) is 27.6. The Balaban J connectivity index is 0.000000186. The first-order valence-electron chi connectivity index (χ1n) is 14.1. The molecule has 0 aliphatic heterocycles. The summed E-state index contributed by atoms with van der Waals surface area (Å²) in [6.07, 6.45) is 13.9. The monoisotopic (exact) mass is 583 g/mol. The standard InChI is InChI=1S/C25H27.C13H10.Zr/c1-6-18-12-13-21-20(14-18)15-22-23(21)16(3)17(4)25(5,7-2)24(22)19-10-8-9-11-19;1-3-7-12(8-4-1)11-13-9-5-2-6-10-13;/h8-10,12-14H,6-7,11H2,1-5H3;1-10H;/q-1;;. The third kappa shape index (κ3) is 5.19. The number of aryl methyl sites for hydroxylation is 1. The van der Waals surface area contributed by atoms with Crippen LogP contribution >= 0.6 is 0 Å². The van der Waals surface area contributed by atoms with Crippen LogP contribution in [-0.2, 0) is 30.7 Å². The molecular weight excluding hydrogens is 548 g/mol. The van der Waals surface area contributed by atoms with Crippen molar-refractivity contribution < 1.29 is 24.2 Å². The van der Waals surface area contributed by atoms with Gasteiger partial charge < -0.3 is 0 Å². The SMILES string of the molecule is CCc1ccc2c(c1)=[C-]C1=C(C3=CC=CC3)C(C)(CC)C(C)=C(C)C=21.[Zr]=[C](c1ccccc1)c1ccccc1. The van der Waals surface area contributed by atoms with Gasteiger partial charge in [0.05, 0.1) is 0 Å². The molecule has 0 nitrogen and oxygen atoms in total. The molecule has 0 bridgehead atoms. The summed E-state index contributed by atoms with van der Waals surface area (Å²) in [6, 6.07) is 28.0. The van der Waals surface area contributed by atoms with Gasteiger partial charge in [0.2, 0.25) is 0 Å². The number of hydrogen-bond donors (Lipinski definition) is 0. The molecule has 3 aliphatic rings. The Hall–Kier alpha value is -2.89. The van der Waals surface area contributed by atoms with Gasteiger partial charge in [-0.25, -0.2) is 0 Å². The predicted octanol–water partition coefficient (Wildman–Crippen LogP) is 7.82. The molecule has 1 atom stereocenters. The molecule has 6 rings (SSSR count). The van der Waals surface area contributed by atoms with Crippen LogP contribution in [0.25, 0.3) is 11.6 Å². The minimum atomic E-state index is 0.101. The van der Waals surface area contributed by atoms with E-state index in [9.17, 15) is 0 Å². The van der Waals surface area contributed by atoms with Crippen molar-refractivity contribution in [3.05, 3.63) is 152 Å². The molecule has 0 N–H and O–H groups in total. The summed E-state index contributed by atoms with van der Waals surface area (Å²) in [4.78, 5) is 0. The zero-order valence-electron chi connectivity index (χ0n) is 23.9. The fourth-order valence-corrected chi connectivity index (χ4v) is 6.89. The van der Waals surface area contributed by atoms with Crippen LogP contribution in [0.5, 0.6) is 0 Å². The van der Waals surface area contributed by atoms with E-state index < -0.39 is 0 Å². The van der Waals surface area contributed by atoms with Crippen molar-refractivity contribution in [2.45, 2.75) is 53.9 Å². The molecule has 0 saturated carbocycles. The van der Waals surface area contributed by atoms with E-state index in [0.29, 0.717) is 0 Å². The van der Waals surface area contributed by atoms with Crippen LogP contribution in [-0.4, -0.2) is 3.21 Å². The second-order valence-electron chi connectivity index (χ2n) is 10.9. The number of fused-ring (bicyclic) bond motifs is 2. The molecule has 0 radical (unpaired) electrons. The van der Waals surface area contributed by atoms with Crippen LogP contribution in [0.1, 0.15) is 64.2 Å². The van der Waals surface area contributed by atoms with Crippen molar-refractivity contribution in [3.63, 3.8) is 0 Å². The topological polar surface area (TPSA) is 0 Å². The van der Waals surface area contributed by atoms with Crippen molar-refractivity contribution in [1.82, 2.24) is 0 Å². The normalized spacial score (nSPS) is 19.2. The van der Waals surface area contributed by atoms with Crippen LogP contribution in [0, 0.1) is 5.41 Å². The molecule has 1 unspecified atom stereocenters. The van der Waals surface area contributed by atoms with E-state index in [2.05, 4.69) is 138 Å². The van der Waals surface area contributed by atoms with Gasteiger partial charge in [-0.2, -0.15) is 0 Å². The Morgan fingerprint density at radius 2 is 1.54 bits per heavy atom. The fraction of sp³-hybridized carbons (Fsp3) is 0.237. The minimum absolute atomic E-state index is 0.101. The van der Waals surface area contributed by atoms with Gasteiger partial charge in [-0.3, -0.25) is 0 Å². The van der Waals surface area contributed by atoms with Crippen molar-refractivity contribution in [3.8, 4) is 0 Å². The first kappa shape index (κ1) is 27.7. The Kier molecular flexibility index (Phi) is 8.30. The van der Waals surface area contributed by atoms with Gasteiger partial charge >= 0.3 is 99.2 Å². The molecule has 0 amide bonds. The molecular formula is C38H37Zr-. The van der Waals surface area contributed by atoms with E-state index in [0.717, 1.165) is 19.3 Å². The van der Waals surface area contributed by atoms with Gasteiger partial charge in [0.25, 0.3) is 0 Å². The summed E-state index contributed by atoms with van der Waals surface area (Å²) in [5.41, 5.74) is 12.9. The first-order valence-corrected chi connectivity index (χ1v) is 15.4. The predicted molar refractivity (Wildman–Crippen MR) is 164 cm³/mol. The third-order valence-corrected chi connectivity index (χ3v) is 10.2. The van der Waals surface area contributed by atoms with Crippen molar-refractivity contribution >= 4 is 14.9 Å². The van der Waals surface area contributed by atoms with Crippen molar-refractivity contribution in [1.29, 1.82) is 0 Å². The van der Waals surface area contributed by atoms with Gasteiger partial charge in [-0.1, -0.05) is 79.0 Å². The van der Waals surface area contributed by atoms with Crippen molar-refractivity contribution in [2.24, 2.45) is 5.41 Å². The molecule has 3 aliphatic carbocycles. The molecule has 3 aromatic rings. The van der Waals surface area contributed by atoms with Crippen LogP contribution < -0.4 is 10.4 Å². The summed E-state index contributed by atoms with van der Waals surface area (Å²) in [5, 5.41) is 2.65. The summed E-state index contributed by atoms with van der Waals surface area (Å²) in [5.74, 6) is 0. The molecule has 194 valence electrons. The van der Waals surface area contributed by atoms with E-state index >= 15 is 0 Å². The van der Waals surface area contributed by atoms with E-state index in [1.807, 2.05) is 0 Å². The summed E-state index contributed by atoms with van der Waals surface area (Å²) >= 11 is 1.46. The summed E-state index contributed by atoms with van der Waals surface area (Å²) < 4.78 is 1.42. The Labute approximate surface area is 249 Å². The van der Waals surface area contributed by atoms with Gasteiger partial charge in [0, 0.05) is 0 Å². The van der Waals surface area contributed by atoms with E-state index in [-0.39, 0.29) is 5.41 Å². The molecule has 1 heteroatoms. The maximum absolute atomic E-state index is 3.82. The summed E-state index contributed by atoms with van der Waals surface area (Å²) in [6.45, 7) is 11.6. The molecule has 0 spiro atoms. The van der Waals surface area contributed by atoms with Gasteiger partial charge in [0.1, 0.15) is 0 Å². The summed E-state index contributed by atoms with van der Waals surface area (Å²) in [7, 11) is 0. The number of allylic oxidation sites excluding steroid dienone is 8. The van der Waals surface area contributed by atoms with E-state index in [1.165, 1.54) is 88.0 Å². The van der Waals surface area contributed by atoms with E-state index in [1.54, 1.807) is 0 Å². The third-order valence-electron chi connectivity index (χ3n) is 8.76.